The van der Waals surface area contributed by atoms with E-state index in [2.05, 4.69) is 36.6 Å². The van der Waals surface area contributed by atoms with E-state index in [0.29, 0.717) is 0 Å². The van der Waals surface area contributed by atoms with Gasteiger partial charge in [-0.25, -0.2) is 0 Å². The Morgan fingerprint density at radius 2 is 1.95 bits per heavy atom. The maximum atomic E-state index is 12.0. The summed E-state index contributed by atoms with van der Waals surface area (Å²) in [6.07, 6.45) is 2.91. The zero-order valence-electron chi connectivity index (χ0n) is 13.0. The Balaban J connectivity index is 2.19. The van der Waals surface area contributed by atoms with Crippen molar-refractivity contribution >= 4 is 11.8 Å². The average Bonchev–Trinajstić information content (AvgIpc) is 2.56. The number of rotatable bonds is 3. The maximum Gasteiger partial charge on any atom is 0.229 e. The number of amides is 2. The van der Waals surface area contributed by atoms with Crippen molar-refractivity contribution in [3.8, 4) is 0 Å². The van der Waals surface area contributed by atoms with Crippen molar-refractivity contribution in [1.82, 2.24) is 10.6 Å². The number of carbonyl (C=O) groups is 2. The SMILES string of the molecule is CNC(=O)CC(=O)N[C@H]1CC(C)(C)CCc2ccccc21. The van der Waals surface area contributed by atoms with Crippen LogP contribution >= 0.6 is 0 Å². The molecule has 0 aromatic heterocycles. The number of fused-ring (bicyclic) bond motifs is 1. The summed E-state index contributed by atoms with van der Waals surface area (Å²) in [5.74, 6) is -0.472. The second kappa shape index (κ2) is 6.29. The lowest BCUT2D eigenvalue weighted by molar-refractivity contribution is -0.129. The summed E-state index contributed by atoms with van der Waals surface area (Å²) in [5.41, 5.74) is 2.66. The lowest BCUT2D eigenvalue weighted by atomic mass is 9.83. The van der Waals surface area contributed by atoms with Crippen molar-refractivity contribution in [2.24, 2.45) is 5.41 Å². The summed E-state index contributed by atoms with van der Waals surface area (Å²) in [6.45, 7) is 4.47. The minimum Gasteiger partial charge on any atom is -0.359 e. The Bertz CT molecular complexity index is 537. The van der Waals surface area contributed by atoms with Gasteiger partial charge in [0.2, 0.25) is 11.8 Å². The van der Waals surface area contributed by atoms with Crippen LogP contribution in [0.3, 0.4) is 0 Å². The van der Waals surface area contributed by atoms with E-state index in [1.165, 1.54) is 11.1 Å². The summed E-state index contributed by atoms with van der Waals surface area (Å²) in [7, 11) is 1.54. The van der Waals surface area contributed by atoms with Crippen molar-refractivity contribution in [3.05, 3.63) is 35.4 Å². The fraction of sp³-hybridized carbons (Fsp3) is 0.529. The fourth-order valence-corrected chi connectivity index (χ4v) is 2.95. The van der Waals surface area contributed by atoms with Gasteiger partial charge in [0.1, 0.15) is 6.42 Å². The lowest BCUT2D eigenvalue weighted by Crippen LogP contribution is -2.34. The summed E-state index contributed by atoms with van der Waals surface area (Å²) in [6, 6.07) is 8.25. The molecule has 1 aromatic carbocycles. The standard InChI is InChI=1S/C17H24N2O2/c1-17(2)9-8-12-6-4-5-7-13(12)14(11-17)19-16(21)10-15(20)18-3/h4-7,14H,8-11H2,1-3H3,(H,18,20)(H,19,21)/t14-/m0/s1. The molecule has 4 nitrogen and oxygen atoms in total. The number of aryl methyl sites for hydroxylation is 1. The van der Waals surface area contributed by atoms with E-state index >= 15 is 0 Å². The quantitative estimate of drug-likeness (QED) is 0.662. The molecular weight excluding hydrogens is 264 g/mol. The van der Waals surface area contributed by atoms with Gasteiger partial charge in [-0.1, -0.05) is 38.1 Å². The largest absolute Gasteiger partial charge is 0.359 e. The highest BCUT2D eigenvalue weighted by atomic mass is 16.2. The van der Waals surface area contributed by atoms with Gasteiger partial charge >= 0.3 is 0 Å². The topological polar surface area (TPSA) is 58.2 Å². The highest BCUT2D eigenvalue weighted by Crippen LogP contribution is 2.39. The smallest absolute Gasteiger partial charge is 0.229 e. The molecule has 2 amide bonds. The highest BCUT2D eigenvalue weighted by Gasteiger charge is 2.30. The van der Waals surface area contributed by atoms with Gasteiger partial charge in [0.05, 0.1) is 6.04 Å². The normalized spacial score (nSPS) is 20.0. The van der Waals surface area contributed by atoms with Crippen LogP contribution in [0.4, 0.5) is 0 Å². The molecule has 0 aliphatic heterocycles. The van der Waals surface area contributed by atoms with Gasteiger partial charge in [-0.2, -0.15) is 0 Å². The highest BCUT2D eigenvalue weighted by molar-refractivity contribution is 5.96. The first kappa shape index (κ1) is 15.5. The van der Waals surface area contributed by atoms with E-state index in [1.807, 2.05) is 12.1 Å². The van der Waals surface area contributed by atoms with Crippen LogP contribution in [-0.4, -0.2) is 18.9 Å². The van der Waals surface area contributed by atoms with Crippen LogP contribution in [0.15, 0.2) is 24.3 Å². The molecule has 0 bridgehead atoms. The number of carbonyl (C=O) groups excluding carboxylic acids is 2. The third-order valence-corrected chi connectivity index (χ3v) is 4.19. The minimum absolute atomic E-state index is 0.0177. The molecule has 2 N–H and O–H groups in total. The van der Waals surface area contributed by atoms with Crippen molar-refractivity contribution < 1.29 is 9.59 Å². The predicted octanol–water partition coefficient (Wildman–Crippen LogP) is 2.34. The molecule has 114 valence electrons. The van der Waals surface area contributed by atoms with Gasteiger partial charge < -0.3 is 10.6 Å². The summed E-state index contributed by atoms with van der Waals surface area (Å²) >= 11 is 0. The van der Waals surface area contributed by atoms with E-state index < -0.39 is 0 Å². The van der Waals surface area contributed by atoms with Crippen LogP contribution in [0, 0.1) is 5.41 Å². The molecule has 0 radical (unpaired) electrons. The second-order valence-electron chi connectivity index (χ2n) is 6.54. The van der Waals surface area contributed by atoms with Crippen LogP contribution in [0.1, 0.15) is 50.3 Å². The molecule has 21 heavy (non-hydrogen) atoms. The van der Waals surface area contributed by atoms with E-state index in [-0.39, 0.29) is 29.7 Å². The first-order valence-corrected chi connectivity index (χ1v) is 7.49. The molecule has 1 aliphatic carbocycles. The molecule has 1 aromatic rings. The van der Waals surface area contributed by atoms with Gasteiger partial charge in [-0.3, -0.25) is 9.59 Å². The van der Waals surface area contributed by atoms with Gasteiger partial charge in [0.25, 0.3) is 0 Å². The Morgan fingerprint density at radius 1 is 1.24 bits per heavy atom. The molecule has 2 rings (SSSR count). The van der Waals surface area contributed by atoms with Crippen molar-refractivity contribution in [3.63, 3.8) is 0 Å². The summed E-state index contributed by atoms with van der Waals surface area (Å²) in [4.78, 5) is 23.4. The van der Waals surface area contributed by atoms with Gasteiger partial charge in [-0.05, 0) is 35.8 Å². The average molecular weight is 288 g/mol. The van der Waals surface area contributed by atoms with Gasteiger partial charge in [0, 0.05) is 7.05 Å². The Morgan fingerprint density at radius 3 is 2.67 bits per heavy atom. The zero-order chi connectivity index (χ0) is 15.5. The van der Waals surface area contributed by atoms with Crippen LogP contribution in [-0.2, 0) is 16.0 Å². The van der Waals surface area contributed by atoms with E-state index in [4.69, 9.17) is 0 Å². The van der Waals surface area contributed by atoms with E-state index in [0.717, 1.165) is 19.3 Å². The van der Waals surface area contributed by atoms with Gasteiger partial charge in [0.15, 0.2) is 0 Å². The third-order valence-electron chi connectivity index (χ3n) is 4.19. The third kappa shape index (κ3) is 4.06. The first-order chi connectivity index (χ1) is 9.91. The zero-order valence-corrected chi connectivity index (χ0v) is 13.0. The summed E-state index contributed by atoms with van der Waals surface area (Å²) < 4.78 is 0. The van der Waals surface area contributed by atoms with Crippen molar-refractivity contribution in [1.29, 1.82) is 0 Å². The lowest BCUT2D eigenvalue weighted by Gasteiger charge is -2.27. The molecule has 0 heterocycles. The molecule has 0 unspecified atom stereocenters. The Kier molecular flexibility index (Phi) is 4.66. The second-order valence-corrected chi connectivity index (χ2v) is 6.54. The van der Waals surface area contributed by atoms with Crippen molar-refractivity contribution in [2.75, 3.05) is 7.05 Å². The molecule has 1 atom stereocenters. The molecule has 0 saturated heterocycles. The van der Waals surface area contributed by atoms with E-state index in [1.54, 1.807) is 7.05 Å². The number of nitrogens with one attached hydrogen (secondary N) is 2. The van der Waals surface area contributed by atoms with Gasteiger partial charge in [-0.15, -0.1) is 0 Å². The molecule has 4 heteroatoms. The number of benzene rings is 1. The number of hydrogen-bond donors (Lipinski definition) is 2. The monoisotopic (exact) mass is 288 g/mol. The first-order valence-electron chi connectivity index (χ1n) is 7.49. The predicted molar refractivity (Wildman–Crippen MR) is 82.7 cm³/mol. The minimum atomic E-state index is -0.256. The maximum absolute atomic E-state index is 12.0. The van der Waals surface area contributed by atoms with Crippen LogP contribution in [0.25, 0.3) is 0 Å². The van der Waals surface area contributed by atoms with Crippen molar-refractivity contribution in [2.45, 2.75) is 45.6 Å². The van der Waals surface area contributed by atoms with Crippen LogP contribution in [0.2, 0.25) is 0 Å². The van der Waals surface area contributed by atoms with Crippen LogP contribution < -0.4 is 10.6 Å². The summed E-state index contributed by atoms with van der Waals surface area (Å²) in [5, 5.41) is 5.52. The molecular formula is C17H24N2O2. The Labute approximate surface area is 126 Å². The fourth-order valence-electron chi connectivity index (χ4n) is 2.95. The molecule has 0 spiro atoms. The van der Waals surface area contributed by atoms with E-state index in [9.17, 15) is 9.59 Å². The van der Waals surface area contributed by atoms with Crippen LogP contribution in [0.5, 0.6) is 0 Å². The molecule has 0 saturated carbocycles. The molecule has 0 fully saturated rings. The Hall–Kier alpha value is -1.84. The molecule has 1 aliphatic rings. The number of hydrogen-bond acceptors (Lipinski definition) is 2.